The van der Waals surface area contributed by atoms with Crippen LogP contribution in [0.1, 0.15) is 56.6 Å². The number of nitrogens with zero attached hydrogens (tertiary/aromatic N) is 3. The number of carbonyl (C=O) groups is 2. The summed E-state index contributed by atoms with van der Waals surface area (Å²) in [7, 11) is 1.37. The van der Waals surface area contributed by atoms with E-state index >= 15 is 0 Å². The lowest BCUT2D eigenvalue weighted by Crippen LogP contribution is -2.35. The second-order valence-electron chi connectivity index (χ2n) is 13.6. The van der Waals surface area contributed by atoms with Gasteiger partial charge in [-0.05, 0) is 78.6 Å². The zero-order chi connectivity index (χ0) is 37.5. The van der Waals surface area contributed by atoms with Crippen LogP contribution in [0.2, 0.25) is 5.02 Å². The summed E-state index contributed by atoms with van der Waals surface area (Å²) in [5, 5.41) is 19.7. The van der Waals surface area contributed by atoms with Crippen molar-refractivity contribution < 1.29 is 38.7 Å². The average molecular weight is 744 g/mol. The number of carbonyl (C=O) groups excluding carboxylic acids is 1. The van der Waals surface area contributed by atoms with Crippen molar-refractivity contribution in [3.05, 3.63) is 105 Å². The second kappa shape index (κ2) is 17.4. The number of halogens is 1. The Morgan fingerprint density at radius 1 is 0.906 bits per heavy atom. The van der Waals surface area contributed by atoms with Crippen molar-refractivity contribution in [3.63, 3.8) is 0 Å². The van der Waals surface area contributed by atoms with E-state index in [1.54, 1.807) is 12.3 Å². The lowest BCUT2D eigenvalue weighted by Gasteiger charge is -2.30. The van der Waals surface area contributed by atoms with Gasteiger partial charge in [-0.3, -0.25) is 14.7 Å². The highest BCUT2D eigenvalue weighted by molar-refractivity contribution is 6.33. The first kappa shape index (κ1) is 38.1. The number of pyridine rings is 1. The number of carboxylic acids is 1. The Kier molecular flexibility index (Phi) is 12.5. The van der Waals surface area contributed by atoms with E-state index in [-0.39, 0.29) is 37.4 Å². The third kappa shape index (κ3) is 9.28. The third-order valence-electron chi connectivity index (χ3n) is 10.0. The first-order chi connectivity index (χ1) is 25.6. The number of hydrogen-bond donors (Lipinski definition) is 2. The summed E-state index contributed by atoms with van der Waals surface area (Å²) in [5.74, 6) is 0.457. The standard InChI is InChI=1S/C41H46ClN3O8/c1-26-29(7-4-8-32(26)33-9-5-10-36(27(33)2)51-16-6-13-44-14-11-31(46)21-44)25-53-38-18-37(52-24-28-17-30(41(48)49)20-43-19-28)35-22-45(23-39(47)50-3)15-12-34(35)40(38)42/h4-5,7-10,17-20,31,46H,6,11-16,21-25H2,1-3H3,(H,48,49). The maximum absolute atomic E-state index is 12.1. The van der Waals surface area contributed by atoms with Gasteiger partial charge in [0.05, 0.1) is 37.0 Å². The molecule has 53 heavy (non-hydrogen) atoms. The summed E-state index contributed by atoms with van der Waals surface area (Å²) < 4.78 is 23.9. The number of fused-ring (bicyclic) bond motifs is 1. The van der Waals surface area contributed by atoms with Crippen molar-refractivity contribution in [1.29, 1.82) is 0 Å². The maximum Gasteiger partial charge on any atom is 0.337 e. The molecule has 2 aliphatic rings. The van der Waals surface area contributed by atoms with Crippen molar-refractivity contribution in [2.45, 2.75) is 59.0 Å². The Labute approximate surface area is 315 Å². The summed E-state index contributed by atoms with van der Waals surface area (Å²) in [6, 6.07) is 15.6. The van der Waals surface area contributed by atoms with E-state index in [2.05, 4.69) is 35.9 Å². The molecule has 1 unspecified atom stereocenters. The van der Waals surface area contributed by atoms with Gasteiger partial charge in [0, 0.05) is 62.3 Å². The van der Waals surface area contributed by atoms with Gasteiger partial charge in [-0.15, -0.1) is 0 Å². The highest BCUT2D eigenvalue weighted by atomic mass is 35.5. The molecule has 12 heteroatoms. The molecule has 1 fully saturated rings. The van der Waals surface area contributed by atoms with E-state index in [0.29, 0.717) is 48.2 Å². The van der Waals surface area contributed by atoms with Crippen LogP contribution in [0.3, 0.4) is 0 Å². The zero-order valence-corrected chi connectivity index (χ0v) is 31.2. The number of esters is 1. The van der Waals surface area contributed by atoms with E-state index in [1.165, 1.54) is 19.4 Å². The van der Waals surface area contributed by atoms with E-state index in [1.807, 2.05) is 29.2 Å². The molecule has 4 aromatic rings. The zero-order valence-electron chi connectivity index (χ0n) is 30.4. The smallest absolute Gasteiger partial charge is 0.337 e. The van der Waals surface area contributed by atoms with E-state index < -0.39 is 5.97 Å². The van der Waals surface area contributed by atoms with Crippen LogP contribution in [0, 0.1) is 13.8 Å². The number of rotatable bonds is 15. The molecule has 280 valence electrons. The molecule has 1 aromatic heterocycles. The van der Waals surface area contributed by atoms with Crippen LogP contribution in [0.25, 0.3) is 11.1 Å². The number of hydrogen-bond acceptors (Lipinski definition) is 10. The maximum atomic E-state index is 12.1. The number of benzene rings is 3. The molecule has 0 saturated carbocycles. The minimum absolute atomic E-state index is 0.0692. The van der Waals surface area contributed by atoms with Crippen molar-refractivity contribution in [3.8, 4) is 28.4 Å². The topological polar surface area (TPSA) is 131 Å². The number of β-amino-alcohol motifs (C(OH)–C–C–N with tert-alkyl or cyclic N) is 1. The molecule has 0 amide bonds. The predicted octanol–water partition coefficient (Wildman–Crippen LogP) is 6.24. The van der Waals surface area contributed by atoms with Gasteiger partial charge in [0.1, 0.15) is 30.5 Å². The van der Waals surface area contributed by atoms with Crippen LogP contribution in [0.15, 0.2) is 60.9 Å². The fraction of sp³-hybridized carbons (Fsp3) is 0.390. The van der Waals surface area contributed by atoms with E-state index in [9.17, 15) is 19.8 Å². The largest absolute Gasteiger partial charge is 0.493 e. The first-order valence-corrected chi connectivity index (χ1v) is 18.3. The number of methoxy groups -OCH3 is 1. The van der Waals surface area contributed by atoms with Crippen molar-refractivity contribution in [2.75, 3.05) is 46.4 Å². The molecule has 6 rings (SSSR count). The van der Waals surface area contributed by atoms with Gasteiger partial charge in [0.2, 0.25) is 0 Å². The average Bonchev–Trinajstić information content (AvgIpc) is 3.58. The molecule has 11 nitrogen and oxygen atoms in total. The van der Waals surface area contributed by atoms with Gasteiger partial charge >= 0.3 is 11.9 Å². The fourth-order valence-electron chi connectivity index (χ4n) is 7.00. The van der Waals surface area contributed by atoms with Crippen LogP contribution in [0.5, 0.6) is 17.2 Å². The molecule has 2 aliphatic heterocycles. The quantitative estimate of drug-likeness (QED) is 0.106. The minimum Gasteiger partial charge on any atom is -0.493 e. The fourth-order valence-corrected chi connectivity index (χ4v) is 7.32. The Hall–Kier alpha value is -4.68. The number of aliphatic hydroxyl groups is 1. The monoisotopic (exact) mass is 743 g/mol. The number of carboxylic acid groups (broad SMARTS) is 1. The van der Waals surface area contributed by atoms with Crippen LogP contribution in [0.4, 0.5) is 0 Å². The lowest BCUT2D eigenvalue weighted by molar-refractivity contribution is -0.142. The number of likely N-dealkylation sites (tertiary alicyclic amines) is 1. The highest BCUT2D eigenvalue weighted by Gasteiger charge is 2.27. The molecule has 1 saturated heterocycles. The van der Waals surface area contributed by atoms with E-state index in [4.69, 9.17) is 30.5 Å². The summed E-state index contributed by atoms with van der Waals surface area (Å²) in [5.41, 5.74) is 7.70. The molecule has 2 N–H and O–H groups in total. The molecule has 0 spiro atoms. The Morgan fingerprint density at radius 2 is 1.68 bits per heavy atom. The molecule has 3 heterocycles. The molecule has 0 aliphatic carbocycles. The summed E-state index contributed by atoms with van der Waals surface area (Å²) in [6.07, 6.45) is 4.94. The molecule has 0 radical (unpaired) electrons. The van der Waals surface area contributed by atoms with Gasteiger partial charge in [-0.2, -0.15) is 0 Å². The molecule has 0 bridgehead atoms. The Balaban J connectivity index is 1.20. The highest BCUT2D eigenvalue weighted by Crippen LogP contribution is 2.41. The summed E-state index contributed by atoms with van der Waals surface area (Å²) >= 11 is 7.03. The third-order valence-corrected chi connectivity index (χ3v) is 10.4. The van der Waals surface area contributed by atoms with Gasteiger partial charge in [0.25, 0.3) is 0 Å². The number of aromatic carboxylic acids is 1. The predicted molar refractivity (Wildman–Crippen MR) is 201 cm³/mol. The number of aliphatic hydroxyl groups excluding tert-OH is 1. The molecule has 3 aromatic carbocycles. The number of aromatic nitrogens is 1. The van der Waals surface area contributed by atoms with Crippen LogP contribution < -0.4 is 14.2 Å². The second-order valence-corrected chi connectivity index (χ2v) is 14.0. The van der Waals surface area contributed by atoms with Gasteiger partial charge in [-0.1, -0.05) is 41.9 Å². The van der Waals surface area contributed by atoms with Crippen LogP contribution >= 0.6 is 11.6 Å². The molecule has 1 atom stereocenters. The summed E-state index contributed by atoms with van der Waals surface area (Å²) in [6.45, 7) is 8.83. The van der Waals surface area contributed by atoms with Crippen molar-refractivity contribution in [1.82, 2.24) is 14.8 Å². The van der Waals surface area contributed by atoms with Crippen molar-refractivity contribution in [2.24, 2.45) is 0 Å². The molecular formula is C41H46ClN3O8. The van der Waals surface area contributed by atoms with Crippen molar-refractivity contribution >= 4 is 23.5 Å². The Morgan fingerprint density at radius 3 is 2.43 bits per heavy atom. The minimum atomic E-state index is -1.07. The first-order valence-electron chi connectivity index (χ1n) is 17.9. The normalized spacial score (nSPS) is 15.9. The SMILES string of the molecule is COC(=O)CN1CCc2c(Cl)c(OCc3cccc(-c4cccc(OCCCN5CCC(O)C5)c4C)c3C)cc(OCc3cncc(C(=O)O)c3)c2C1. The van der Waals surface area contributed by atoms with E-state index in [0.717, 1.165) is 77.2 Å². The van der Waals surface area contributed by atoms with Gasteiger partial charge < -0.3 is 34.1 Å². The van der Waals surface area contributed by atoms with Crippen LogP contribution in [-0.4, -0.2) is 89.5 Å². The van der Waals surface area contributed by atoms with Gasteiger partial charge in [-0.25, -0.2) is 4.79 Å². The number of ether oxygens (including phenoxy) is 4. The summed E-state index contributed by atoms with van der Waals surface area (Å²) in [4.78, 5) is 31.9. The van der Waals surface area contributed by atoms with Gasteiger partial charge in [0.15, 0.2) is 0 Å². The lowest BCUT2D eigenvalue weighted by atomic mass is 9.93. The van der Waals surface area contributed by atoms with Crippen LogP contribution in [-0.2, 0) is 35.7 Å². The Bertz CT molecular complexity index is 1950. The molecular weight excluding hydrogens is 698 g/mol.